The average Bonchev–Trinajstić information content (AvgIpc) is 2.73. The summed E-state index contributed by atoms with van der Waals surface area (Å²) in [4.78, 5) is 50.7. The monoisotopic (exact) mass is 487 g/mol. The van der Waals surface area contributed by atoms with Crippen LogP contribution in [-0.2, 0) is 23.9 Å². The average molecular weight is 488 g/mol. The molecule has 4 N–H and O–H groups in total. The molecular formula is C21H33N3O6S2. The maximum absolute atomic E-state index is 13.1. The van der Waals surface area contributed by atoms with Crippen LogP contribution < -0.4 is 16.0 Å². The summed E-state index contributed by atoms with van der Waals surface area (Å²) in [6.45, 7) is 5.33. The quantitative estimate of drug-likeness (QED) is 0.257. The highest BCUT2D eigenvalue weighted by molar-refractivity contribution is 8.76. The molecule has 2 aliphatic heterocycles. The third-order valence-corrected chi connectivity index (χ3v) is 7.91. The zero-order chi connectivity index (χ0) is 23.7. The Labute approximate surface area is 196 Å². The number of nitrogens with one attached hydrogen (secondary N) is 3. The first-order valence-corrected chi connectivity index (χ1v) is 13.4. The van der Waals surface area contributed by atoms with Crippen LogP contribution >= 0.6 is 21.6 Å². The van der Waals surface area contributed by atoms with Gasteiger partial charge in [-0.25, -0.2) is 0 Å². The van der Waals surface area contributed by atoms with Crippen LogP contribution in [0.2, 0.25) is 0 Å². The van der Waals surface area contributed by atoms with Gasteiger partial charge in [-0.3, -0.25) is 19.2 Å². The van der Waals surface area contributed by atoms with Gasteiger partial charge in [0.25, 0.3) is 0 Å². The molecule has 2 rings (SSSR count). The van der Waals surface area contributed by atoms with Gasteiger partial charge in [0, 0.05) is 11.5 Å². The maximum atomic E-state index is 13.1. The highest BCUT2D eigenvalue weighted by Crippen LogP contribution is 2.24. The third-order valence-electron chi connectivity index (χ3n) is 5.47. The van der Waals surface area contributed by atoms with E-state index < -0.39 is 54.0 Å². The molecule has 180 valence electrons. The molecule has 2 aliphatic rings. The van der Waals surface area contributed by atoms with Crippen molar-refractivity contribution in [3.8, 4) is 0 Å². The van der Waals surface area contributed by atoms with E-state index in [9.17, 15) is 24.3 Å². The molecule has 9 nitrogen and oxygen atoms in total. The minimum absolute atomic E-state index is 0.118. The van der Waals surface area contributed by atoms with Crippen molar-refractivity contribution >= 4 is 45.3 Å². The Morgan fingerprint density at radius 3 is 2.59 bits per heavy atom. The minimum atomic E-state index is -1.17. The van der Waals surface area contributed by atoms with Crippen LogP contribution in [0.3, 0.4) is 0 Å². The van der Waals surface area contributed by atoms with E-state index in [4.69, 9.17) is 4.74 Å². The number of aliphatic hydroxyl groups is 1. The van der Waals surface area contributed by atoms with Crippen molar-refractivity contribution in [2.45, 2.75) is 76.8 Å². The highest BCUT2D eigenvalue weighted by atomic mass is 33.1. The largest absolute Gasteiger partial charge is 0.457 e. The van der Waals surface area contributed by atoms with Crippen molar-refractivity contribution in [3.05, 3.63) is 12.2 Å². The van der Waals surface area contributed by atoms with E-state index >= 15 is 0 Å². The molecule has 6 atom stereocenters. The van der Waals surface area contributed by atoms with Crippen LogP contribution in [0, 0.1) is 5.92 Å². The Kier molecular flexibility index (Phi) is 10.9. The fourth-order valence-electron chi connectivity index (χ4n) is 3.37. The molecule has 2 heterocycles. The minimum Gasteiger partial charge on any atom is -0.457 e. The van der Waals surface area contributed by atoms with Gasteiger partial charge in [-0.2, -0.15) is 0 Å². The number of ether oxygens (including phenoxy) is 1. The molecular weight excluding hydrogens is 454 g/mol. The maximum Gasteiger partial charge on any atom is 0.309 e. The van der Waals surface area contributed by atoms with Gasteiger partial charge in [0.15, 0.2) is 0 Å². The Morgan fingerprint density at radius 1 is 1.12 bits per heavy atom. The van der Waals surface area contributed by atoms with Gasteiger partial charge in [0.2, 0.25) is 17.7 Å². The number of hydrogen-bond donors (Lipinski definition) is 4. The van der Waals surface area contributed by atoms with Crippen molar-refractivity contribution < 1.29 is 29.0 Å². The summed E-state index contributed by atoms with van der Waals surface area (Å²) in [6.07, 6.45) is 2.41. The fourth-order valence-corrected chi connectivity index (χ4v) is 5.52. The smallest absolute Gasteiger partial charge is 0.309 e. The van der Waals surface area contributed by atoms with E-state index in [1.807, 2.05) is 19.9 Å². The molecule has 1 unspecified atom stereocenters. The Bertz CT molecular complexity index is 720. The molecule has 1 saturated heterocycles. The lowest BCUT2D eigenvalue weighted by Gasteiger charge is -2.30. The first-order valence-electron chi connectivity index (χ1n) is 10.9. The number of aliphatic hydroxyl groups excluding tert-OH is 1. The highest BCUT2D eigenvalue weighted by Gasteiger charge is 2.33. The second kappa shape index (κ2) is 13.1. The number of amides is 3. The Morgan fingerprint density at radius 2 is 1.88 bits per heavy atom. The molecule has 0 saturated carbocycles. The molecule has 32 heavy (non-hydrogen) atoms. The summed E-state index contributed by atoms with van der Waals surface area (Å²) >= 11 is 0. The Hall–Kier alpha value is -1.72. The number of hydrogen-bond acceptors (Lipinski definition) is 8. The van der Waals surface area contributed by atoms with Gasteiger partial charge >= 0.3 is 5.97 Å². The molecule has 0 aromatic carbocycles. The van der Waals surface area contributed by atoms with E-state index in [1.165, 1.54) is 17.7 Å². The molecule has 0 aromatic heterocycles. The number of carbonyl (C=O) groups excluding carboxylic acids is 4. The van der Waals surface area contributed by atoms with Gasteiger partial charge < -0.3 is 25.8 Å². The van der Waals surface area contributed by atoms with E-state index in [-0.39, 0.29) is 18.8 Å². The normalized spacial score (nSPS) is 33.3. The van der Waals surface area contributed by atoms with E-state index in [2.05, 4.69) is 16.0 Å². The molecule has 3 amide bonds. The zero-order valence-electron chi connectivity index (χ0n) is 18.7. The lowest BCUT2D eigenvalue weighted by Crippen LogP contribution is -2.57. The van der Waals surface area contributed by atoms with E-state index in [0.717, 1.165) is 5.75 Å². The Balaban J connectivity index is 2.43. The third kappa shape index (κ3) is 8.32. The molecule has 0 radical (unpaired) electrons. The van der Waals surface area contributed by atoms with Crippen LogP contribution in [0.4, 0.5) is 0 Å². The zero-order valence-corrected chi connectivity index (χ0v) is 20.3. The summed E-state index contributed by atoms with van der Waals surface area (Å²) in [6, 6.07) is -2.42. The summed E-state index contributed by atoms with van der Waals surface area (Å²) in [5, 5.41) is 18.9. The summed E-state index contributed by atoms with van der Waals surface area (Å²) in [5.74, 6) is -1.09. The van der Waals surface area contributed by atoms with Gasteiger partial charge in [0.1, 0.15) is 18.2 Å². The van der Waals surface area contributed by atoms with Gasteiger partial charge in [-0.1, -0.05) is 47.9 Å². The fraction of sp³-hybridized carbons (Fsp3) is 0.714. The van der Waals surface area contributed by atoms with Gasteiger partial charge in [-0.15, -0.1) is 0 Å². The van der Waals surface area contributed by atoms with Crippen LogP contribution in [0.15, 0.2) is 12.2 Å². The van der Waals surface area contributed by atoms with Crippen molar-refractivity contribution in [1.29, 1.82) is 0 Å². The summed E-state index contributed by atoms with van der Waals surface area (Å²) in [5.41, 5.74) is 0. The van der Waals surface area contributed by atoms with Gasteiger partial charge in [0.05, 0.1) is 25.0 Å². The summed E-state index contributed by atoms with van der Waals surface area (Å²) < 4.78 is 5.46. The van der Waals surface area contributed by atoms with Crippen molar-refractivity contribution in [3.63, 3.8) is 0 Å². The van der Waals surface area contributed by atoms with E-state index in [1.54, 1.807) is 16.9 Å². The molecule has 0 aromatic rings. The molecule has 2 bridgehead atoms. The molecule has 0 spiro atoms. The number of rotatable bonds is 2. The van der Waals surface area contributed by atoms with Crippen LogP contribution in [0.5, 0.6) is 0 Å². The first-order chi connectivity index (χ1) is 15.2. The van der Waals surface area contributed by atoms with Crippen LogP contribution in [-0.4, -0.2) is 70.6 Å². The molecule has 11 heteroatoms. The summed E-state index contributed by atoms with van der Waals surface area (Å²) in [7, 11) is 3.03. The SMILES string of the molecule is CC[C@H](C)[C@H]1NC(=O)C2CSSCC/C=C/[C@H](CC(=O)N[C@H](C)C(=O)N2)OC(=O)C[C@@H]1O. The predicted octanol–water partition coefficient (Wildman–Crippen LogP) is 0.915. The second-order valence-electron chi connectivity index (χ2n) is 8.10. The second-order valence-corrected chi connectivity index (χ2v) is 10.7. The standard InChI is InChI=1S/C21H33N3O6S2/c1-4-12(2)19-16(25)10-18(27)30-14-7-5-6-8-31-32-11-15(21(29)24-19)23-20(28)13(3)22-17(26)9-14/h5,7,12-16,19,25H,4,6,8-11H2,1-3H3,(H,22,26)(H,23,28)(H,24,29)/b7-5+/t12-,13+,14+,15?,16-,19+/m0/s1. The van der Waals surface area contributed by atoms with Crippen LogP contribution in [0.25, 0.3) is 0 Å². The van der Waals surface area contributed by atoms with Gasteiger partial charge in [-0.05, 0) is 25.3 Å². The number of fused-ring (bicyclic) bond motifs is 7. The lowest BCUT2D eigenvalue weighted by molar-refractivity contribution is -0.151. The first kappa shape index (κ1) is 26.5. The van der Waals surface area contributed by atoms with E-state index in [0.29, 0.717) is 18.6 Å². The topological polar surface area (TPSA) is 134 Å². The predicted molar refractivity (Wildman–Crippen MR) is 125 cm³/mol. The van der Waals surface area contributed by atoms with Crippen molar-refractivity contribution in [1.82, 2.24) is 16.0 Å². The number of carbonyl (C=O) groups is 4. The number of allylic oxidation sites excluding steroid dienone is 1. The van der Waals surface area contributed by atoms with Crippen molar-refractivity contribution in [2.75, 3.05) is 11.5 Å². The molecule has 1 fully saturated rings. The van der Waals surface area contributed by atoms with Crippen molar-refractivity contribution in [2.24, 2.45) is 5.92 Å². The number of esters is 1. The van der Waals surface area contributed by atoms with Crippen LogP contribution in [0.1, 0.15) is 46.5 Å². The molecule has 0 aliphatic carbocycles. The lowest BCUT2D eigenvalue weighted by atomic mass is 9.92.